The highest BCUT2D eigenvalue weighted by atomic mass is 35.5. The number of thioether (sulfide) groups is 1. The number of aliphatic hydroxyl groups is 3. The number of fused-ring (bicyclic) bond motifs is 1. The summed E-state index contributed by atoms with van der Waals surface area (Å²) in [6.07, 6.45) is -0.641. The van der Waals surface area contributed by atoms with E-state index in [1.165, 1.54) is 11.8 Å². The lowest BCUT2D eigenvalue weighted by atomic mass is 9.88. The van der Waals surface area contributed by atoms with Gasteiger partial charge in [0.15, 0.2) is 0 Å². The maximum atomic E-state index is 10.7. The summed E-state index contributed by atoms with van der Waals surface area (Å²) in [6, 6.07) is 9.68. The molecule has 1 fully saturated rings. The molecular formula is C23H27ClO6S. The van der Waals surface area contributed by atoms with Crippen molar-refractivity contribution in [3.05, 3.63) is 57.6 Å². The van der Waals surface area contributed by atoms with Gasteiger partial charge in [0, 0.05) is 11.1 Å². The van der Waals surface area contributed by atoms with Crippen LogP contribution in [0.2, 0.25) is 5.02 Å². The third-order valence-electron chi connectivity index (χ3n) is 5.89. The second-order valence-electron chi connectivity index (χ2n) is 7.86. The quantitative estimate of drug-likeness (QED) is 0.624. The number of ether oxygens (including phenoxy) is 3. The summed E-state index contributed by atoms with van der Waals surface area (Å²) in [4.78, 5) is 0. The van der Waals surface area contributed by atoms with E-state index in [-0.39, 0.29) is 0 Å². The van der Waals surface area contributed by atoms with Crippen molar-refractivity contribution in [2.45, 2.75) is 49.1 Å². The van der Waals surface area contributed by atoms with Gasteiger partial charge in [-0.3, -0.25) is 0 Å². The molecule has 0 saturated carbocycles. The van der Waals surface area contributed by atoms with Crippen LogP contribution < -0.4 is 9.47 Å². The first kappa shape index (κ1) is 22.7. The SMILES string of the molecule is COc1ccc(Cc2cc(C3OC(SC)C(O)C(O)C3O)c3c(c2Cl)CCCO3)cc1. The van der Waals surface area contributed by atoms with Crippen molar-refractivity contribution in [1.82, 2.24) is 0 Å². The van der Waals surface area contributed by atoms with Gasteiger partial charge in [-0.05, 0) is 54.8 Å². The summed E-state index contributed by atoms with van der Waals surface area (Å²) in [7, 11) is 1.63. The van der Waals surface area contributed by atoms with Crippen LogP contribution in [-0.4, -0.2) is 59.0 Å². The Morgan fingerprint density at radius 3 is 2.55 bits per heavy atom. The van der Waals surface area contributed by atoms with E-state index >= 15 is 0 Å². The first-order valence-corrected chi connectivity index (χ1v) is 11.9. The molecule has 8 heteroatoms. The lowest BCUT2D eigenvalue weighted by molar-refractivity contribution is -0.200. The monoisotopic (exact) mass is 466 g/mol. The Kier molecular flexibility index (Phi) is 7.01. The zero-order chi connectivity index (χ0) is 22.1. The fourth-order valence-corrected chi connectivity index (χ4v) is 5.18. The number of methoxy groups -OCH3 is 1. The molecule has 0 aromatic heterocycles. The molecule has 1 saturated heterocycles. The topological polar surface area (TPSA) is 88.4 Å². The third-order valence-corrected chi connectivity index (χ3v) is 7.22. The average Bonchev–Trinajstić information content (AvgIpc) is 2.80. The van der Waals surface area contributed by atoms with E-state index in [2.05, 4.69) is 0 Å². The van der Waals surface area contributed by atoms with Gasteiger partial charge in [-0.2, -0.15) is 0 Å². The molecule has 31 heavy (non-hydrogen) atoms. The van der Waals surface area contributed by atoms with Gasteiger partial charge in [0.2, 0.25) is 0 Å². The van der Waals surface area contributed by atoms with Crippen molar-refractivity contribution < 1.29 is 29.5 Å². The molecule has 5 unspecified atom stereocenters. The minimum Gasteiger partial charge on any atom is -0.497 e. The van der Waals surface area contributed by atoms with E-state index < -0.39 is 29.9 Å². The molecule has 0 aliphatic carbocycles. The maximum absolute atomic E-state index is 10.7. The fraction of sp³-hybridized carbons (Fsp3) is 0.478. The zero-order valence-electron chi connectivity index (χ0n) is 17.5. The largest absolute Gasteiger partial charge is 0.497 e. The van der Waals surface area contributed by atoms with Gasteiger partial charge in [0.25, 0.3) is 0 Å². The van der Waals surface area contributed by atoms with Crippen molar-refractivity contribution in [2.24, 2.45) is 0 Å². The predicted octanol–water partition coefficient (Wildman–Crippen LogP) is 3.11. The highest BCUT2D eigenvalue weighted by molar-refractivity contribution is 7.99. The Bertz CT molecular complexity index is 919. The minimum atomic E-state index is -1.32. The average molecular weight is 467 g/mol. The molecule has 0 amide bonds. The van der Waals surface area contributed by atoms with Crippen LogP contribution in [0.4, 0.5) is 0 Å². The van der Waals surface area contributed by atoms with Gasteiger partial charge in [-0.25, -0.2) is 0 Å². The minimum absolute atomic E-state index is 0.550. The molecule has 2 aliphatic rings. The van der Waals surface area contributed by atoms with Crippen molar-refractivity contribution in [3.63, 3.8) is 0 Å². The van der Waals surface area contributed by atoms with Crippen LogP contribution in [0.25, 0.3) is 0 Å². The molecule has 0 bridgehead atoms. The molecule has 6 nitrogen and oxygen atoms in total. The smallest absolute Gasteiger partial charge is 0.132 e. The van der Waals surface area contributed by atoms with Gasteiger partial charge in [-0.1, -0.05) is 23.7 Å². The Labute approximate surface area is 191 Å². The summed E-state index contributed by atoms with van der Waals surface area (Å²) in [5.41, 5.74) is 2.84. The number of hydrogen-bond acceptors (Lipinski definition) is 7. The van der Waals surface area contributed by atoms with Gasteiger partial charge in [0.1, 0.15) is 41.4 Å². The summed E-state index contributed by atoms with van der Waals surface area (Å²) >= 11 is 8.08. The lowest BCUT2D eigenvalue weighted by Crippen LogP contribution is -2.53. The van der Waals surface area contributed by atoms with Crippen LogP contribution in [0.1, 0.15) is 34.8 Å². The Morgan fingerprint density at radius 1 is 1.13 bits per heavy atom. The Hall–Kier alpha value is -1.48. The number of hydrogen-bond donors (Lipinski definition) is 3. The van der Waals surface area contributed by atoms with Gasteiger partial charge >= 0.3 is 0 Å². The standard InChI is InChI=1S/C23H27ClO6S/c1-28-14-7-5-12(6-8-14)10-13-11-16(21-15(17(13)24)4-3-9-29-21)22-19(26)18(25)20(27)23(30-22)31-2/h5-8,11,18-20,22-23,25-27H,3-4,9-10H2,1-2H3. The van der Waals surface area contributed by atoms with Gasteiger partial charge in [0.05, 0.1) is 18.7 Å². The van der Waals surface area contributed by atoms with Gasteiger partial charge in [-0.15, -0.1) is 11.8 Å². The molecule has 3 N–H and O–H groups in total. The number of benzene rings is 2. The normalized spacial score (nSPS) is 28.0. The molecule has 0 spiro atoms. The number of aliphatic hydroxyl groups excluding tert-OH is 3. The van der Waals surface area contributed by atoms with E-state index in [0.717, 1.165) is 35.3 Å². The zero-order valence-corrected chi connectivity index (χ0v) is 19.0. The van der Waals surface area contributed by atoms with Crippen LogP contribution in [0.3, 0.4) is 0 Å². The summed E-state index contributed by atoms with van der Waals surface area (Å²) in [5.74, 6) is 1.39. The molecule has 0 radical (unpaired) electrons. The van der Waals surface area contributed by atoms with E-state index in [9.17, 15) is 15.3 Å². The number of halogens is 1. The second kappa shape index (κ2) is 9.57. The summed E-state index contributed by atoms with van der Waals surface area (Å²) in [6.45, 7) is 0.550. The summed E-state index contributed by atoms with van der Waals surface area (Å²) in [5, 5.41) is 32.0. The first-order chi connectivity index (χ1) is 14.9. The second-order valence-corrected chi connectivity index (χ2v) is 9.17. The van der Waals surface area contributed by atoms with Gasteiger partial charge < -0.3 is 29.5 Å². The molecular weight excluding hydrogens is 440 g/mol. The van der Waals surface area contributed by atoms with Crippen LogP contribution >= 0.6 is 23.4 Å². The molecule has 2 aliphatic heterocycles. The first-order valence-electron chi connectivity index (χ1n) is 10.3. The van der Waals surface area contributed by atoms with Crippen LogP contribution in [0.5, 0.6) is 11.5 Å². The number of rotatable bonds is 5. The lowest BCUT2D eigenvalue weighted by Gasteiger charge is -2.41. The Morgan fingerprint density at radius 2 is 1.87 bits per heavy atom. The highest BCUT2D eigenvalue weighted by Gasteiger charge is 2.45. The molecule has 168 valence electrons. The van der Waals surface area contributed by atoms with Crippen LogP contribution in [-0.2, 0) is 17.6 Å². The molecule has 2 heterocycles. The fourth-order valence-electron chi connectivity index (χ4n) is 4.20. The van der Waals surface area contributed by atoms with E-state index in [1.807, 2.05) is 30.3 Å². The molecule has 2 aromatic carbocycles. The van der Waals surface area contributed by atoms with Crippen LogP contribution in [0, 0.1) is 0 Å². The summed E-state index contributed by atoms with van der Waals surface area (Å²) < 4.78 is 17.2. The molecule has 5 atom stereocenters. The van der Waals surface area contributed by atoms with Crippen molar-refractivity contribution >= 4 is 23.4 Å². The highest BCUT2D eigenvalue weighted by Crippen LogP contribution is 2.45. The van der Waals surface area contributed by atoms with E-state index in [1.54, 1.807) is 13.4 Å². The van der Waals surface area contributed by atoms with E-state index in [0.29, 0.717) is 29.4 Å². The Balaban J connectivity index is 1.75. The van der Waals surface area contributed by atoms with Crippen molar-refractivity contribution in [2.75, 3.05) is 20.0 Å². The van der Waals surface area contributed by atoms with Crippen molar-refractivity contribution in [3.8, 4) is 11.5 Å². The van der Waals surface area contributed by atoms with Crippen molar-refractivity contribution in [1.29, 1.82) is 0 Å². The predicted molar refractivity (Wildman–Crippen MR) is 120 cm³/mol. The van der Waals surface area contributed by atoms with E-state index in [4.69, 9.17) is 25.8 Å². The molecule has 4 rings (SSSR count). The van der Waals surface area contributed by atoms with Crippen LogP contribution in [0.15, 0.2) is 30.3 Å². The third kappa shape index (κ3) is 4.40. The maximum Gasteiger partial charge on any atom is 0.132 e. The molecule has 2 aromatic rings.